The minimum atomic E-state index is -0.387. The summed E-state index contributed by atoms with van der Waals surface area (Å²) in [7, 11) is 0. The Labute approximate surface area is 139 Å². The number of nitrogens with zero attached hydrogens (tertiary/aromatic N) is 2. The molecule has 3 heteroatoms. The van der Waals surface area contributed by atoms with Gasteiger partial charge in [-0.2, -0.15) is 0 Å². The molecule has 3 nitrogen and oxygen atoms in total. The third kappa shape index (κ3) is 4.12. The standard InChI is InChI=1S/C20H26N2O/c1-16-4-3-5-20(14-16)22-12-10-21(11-13-22)15-18-6-8-19(9-7-18)17(2)23/h3-9,14,17,23H,10-13,15H2,1-2H3. The Morgan fingerprint density at radius 2 is 1.70 bits per heavy atom. The number of aliphatic hydroxyl groups excluding tert-OH is 1. The maximum atomic E-state index is 9.58. The number of anilines is 1. The molecule has 1 N–H and O–H groups in total. The summed E-state index contributed by atoms with van der Waals surface area (Å²) in [5.74, 6) is 0. The van der Waals surface area contributed by atoms with Crippen LogP contribution in [0.3, 0.4) is 0 Å². The van der Waals surface area contributed by atoms with Crippen molar-refractivity contribution >= 4 is 5.69 Å². The fraction of sp³-hybridized carbons (Fsp3) is 0.400. The van der Waals surface area contributed by atoms with Gasteiger partial charge in [0.15, 0.2) is 0 Å². The summed E-state index contributed by atoms with van der Waals surface area (Å²) in [5, 5.41) is 9.58. The summed E-state index contributed by atoms with van der Waals surface area (Å²) in [6, 6.07) is 17.1. The molecule has 1 fully saturated rings. The number of hydrogen-bond donors (Lipinski definition) is 1. The molecular formula is C20H26N2O. The van der Waals surface area contributed by atoms with Crippen LogP contribution in [0.2, 0.25) is 0 Å². The van der Waals surface area contributed by atoms with Crippen LogP contribution in [-0.4, -0.2) is 36.2 Å². The molecule has 0 saturated carbocycles. The molecule has 1 unspecified atom stereocenters. The van der Waals surface area contributed by atoms with Gasteiger partial charge < -0.3 is 10.0 Å². The van der Waals surface area contributed by atoms with Crippen LogP contribution in [0.1, 0.15) is 29.7 Å². The van der Waals surface area contributed by atoms with Gasteiger partial charge in [-0.15, -0.1) is 0 Å². The highest BCUT2D eigenvalue weighted by molar-refractivity contribution is 5.48. The Bertz CT molecular complexity index is 628. The molecule has 1 atom stereocenters. The first kappa shape index (κ1) is 16.0. The summed E-state index contributed by atoms with van der Waals surface area (Å²) in [5.41, 5.74) is 4.96. The van der Waals surface area contributed by atoms with Gasteiger partial charge in [-0.1, -0.05) is 36.4 Å². The van der Waals surface area contributed by atoms with E-state index in [2.05, 4.69) is 53.1 Å². The Balaban J connectivity index is 1.55. The van der Waals surface area contributed by atoms with E-state index in [1.807, 2.05) is 12.1 Å². The van der Waals surface area contributed by atoms with Gasteiger partial charge >= 0.3 is 0 Å². The first-order valence-electron chi connectivity index (χ1n) is 8.43. The lowest BCUT2D eigenvalue weighted by Gasteiger charge is -2.36. The molecule has 1 aliphatic rings. The fourth-order valence-electron chi connectivity index (χ4n) is 3.15. The number of benzene rings is 2. The molecule has 1 heterocycles. The predicted octanol–water partition coefficient (Wildman–Crippen LogP) is 3.37. The first-order chi connectivity index (χ1) is 11.1. The molecule has 2 aromatic carbocycles. The summed E-state index contributed by atoms with van der Waals surface area (Å²) in [6.45, 7) is 9.28. The number of hydrogen-bond acceptors (Lipinski definition) is 3. The van der Waals surface area contributed by atoms with Crippen molar-refractivity contribution in [1.29, 1.82) is 0 Å². The number of aliphatic hydroxyl groups is 1. The third-order valence-electron chi connectivity index (χ3n) is 4.61. The van der Waals surface area contributed by atoms with E-state index < -0.39 is 0 Å². The number of piperazine rings is 1. The molecule has 2 aromatic rings. The lowest BCUT2D eigenvalue weighted by molar-refractivity contribution is 0.199. The van der Waals surface area contributed by atoms with Crippen molar-refractivity contribution in [3.05, 3.63) is 65.2 Å². The van der Waals surface area contributed by atoms with Crippen LogP contribution in [0.5, 0.6) is 0 Å². The van der Waals surface area contributed by atoms with E-state index in [1.165, 1.54) is 16.8 Å². The minimum absolute atomic E-state index is 0.387. The second-order valence-electron chi connectivity index (χ2n) is 6.52. The molecule has 0 aromatic heterocycles. The normalized spacial score (nSPS) is 17.3. The van der Waals surface area contributed by atoms with E-state index in [-0.39, 0.29) is 6.10 Å². The summed E-state index contributed by atoms with van der Waals surface area (Å²) < 4.78 is 0. The smallest absolute Gasteiger partial charge is 0.0761 e. The molecule has 0 spiro atoms. The van der Waals surface area contributed by atoms with Crippen molar-refractivity contribution in [2.45, 2.75) is 26.5 Å². The zero-order chi connectivity index (χ0) is 16.2. The van der Waals surface area contributed by atoms with Crippen molar-refractivity contribution < 1.29 is 5.11 Å². The Kier molecular flexibility index (Phi) is 4.99. The quantitative estimate of drug-likeness (QED) is 0.938. The molecule has 1 saturated heterocycles. The Morgan fingerprint density at radius 1 is 1.00 bits per heavy atom. The predicted molar refractivity (Wildman–Crippen MR) is 95.7 cm³/mol. The van der Waals surface area contributed by atoms with E-state index in [1.54, 1.807) is 6.92 Å². The molecule has 0 amide bonds. The molecule has 122 valence electrons. The second-order valence-corrected chi connectivity index (χ2v) is 6.52. The molecule has 0 radical (unpaired) electrons. The van der Waals surface area contributed by atoms with Crippen molar-refractivity contribution in [2.75, 3.05) is 31.1 Å². The van der Waals surface area contributed by atoms with Gasteiger partial charge in [0, 0.05) is 38.4 Å². The maximum absolute atomic E-state index is 9.58. The number of aryl methyl sites for hydroxylation is 1. The van der Waals surface area contributed by atoms with Crippen LogP contribution < -0.4 is 4.90 Å². The second kappa shape index (κ2) is 7.16. The SMILES string of the molecule is Cc1cccc(N2CCN(Cc3ccc(C(C)O)cc3)CC2)c1. The van der Waals surface area contributed by atoms with Crippen molar-refractivity contribution in [2.24, 2.45) is 0 Å². The van der Waals surface area contributed by atoms with Crippen LogP contribution in [0.15, 0.2) is 48.5 Å². The Morgan fingerprint density at radius 3 is 2.30 bits per heavy atom. The number of rotatable bonds is 4. The van der Waals surface area contributed by atoms with E-state index in [0.717, 1.165) is 38.3 Å². The van der Waals surface area contributed by atoms with Gasteiger partial charge in [0.1, 0.15) is 0 Å². The van der Waals surface area contributed by atoms with Crippen molar-refractivity contribution in [1.82, 2.24) is 4.90 Å². The molecular weight excluding hydrogens is 284 g/mol. The van der Waals surface area contributed by atoms with Crippen LogP contribution in [0.4, 0.5) is 5.69 Å². The summed E-state index contributed by atoms with van der Waals surface area (Å²) >= 11 is 0. The van der Waals surface area contributed by atoms with Crippen molar-refractivity contribution in [3.63, 3.8) is 0 Å². The van der Waals surface area contributed by atoms with Crippen LogP contribution in [0.25, 0.3) is 0 Å². The molecule has 3 rings (SSSR count). The van der Waals surface area contributed by atoms with E-state index in [4.69, 9.17) is 0 Å². The molecule has 0 bridgehead atoms. The zero-order valence-electron chi connectivity index (χ0n) is 14.1. The van der Waals surface area contributed by atoms with Gasteiger partial charge in [-0.25, -0.2) is 0 Å². The molecule has 1 aliphatic heterocycles. The van der Waals surface area contributed by atoms with Crippen LogP contribution in [0, 0.1) is 6.92 Å². The average Bonchev–Trinajstić information content (AvgIpc) is 2.56. The van der Waals surface area contributed by atoms with Gasteiger partial charge in [-0.05, 0) is 42.7 Å². The van der Waals surface area contributed by atoms with Crippen molar-refractivity contribution in [3.8, 4) is 0 Å². The minimum Gasteiger partial charge on any atom is -0.389 e. The highest BCUT2D eigenvalue weighted by Crippen LogP contribution is 2.19. The fourth-order valence-corrected chi connectivity index (χ4v) is 3.15. The largest absolute Gasteiger partial charge is 0.389 e. The first-order valence-corrected chi connectivity index (χ1v) is 8.43. The maximum Gasteiger partial charge on any atom is 0.0761 e. The van der Waals surface area contributed by atoms with E-state index in [0.29, 0.717) is 0 Å². The van der Waals surface area contributed by atoms with Gasteiger partial charge in [0.05, 0.1) is 6.10 Å². The highest BCUT2D eigenvalue weighted by Gasteiger charge is 2.17. The van der Waals surface area contributed by atoms with E-state index >= 15 is 0 Å². The van der Waals surface area contributed by atoms with Gasteiger partial charge in [0.2, 0.25) is 0 Å². The lowest BCUT2D eigenvalue weighted by Crippen LogP contribution is -2.45. The lowest BCUT2D eigenvalue weighted by atomic mass is 10.1. The van der Waals surface area contributed by atoms with Crippen LogP contribution >= 0.6 is 0 Å². The molecule has 0 aliphatic carbocycles. The molecule has 23 heavy (non-hydrogen) atoms. The topological polar surface area (TPSA) is 26.7 Å². The van der Waals surface area contributed by atoms with Gasteiger partial charge in [-0.3, -0.25) is 4.90 Å². The average molecular weight is 310 g/mol. The van der Waals surface area contributed by atoms with Crippen LogP contribution in [-0.2, 0) is 6.54 Å². The summed E-state index contributed by atoms with van der Waals surface area (Å²) in [4.78, 5) is 4.98. The zero-order valence-corrected chi connectivity index (χ0v) is 14.1. The highest BCUT2D eigenvalue weighted by atomic mass is 16.3. The van der Waals surface area contributed by atoms with Gasteiger partial charge in [0.25, 0.3) is 0 Å². The summed E-state index contributed by atoms with van der Waals surface area (Å²) in [6.07, 6.45) is -0.387. The Hall–Kier alpha value is -1.84. The van der Waals surface area contributed by atoms with E-state index in [9.17, 15) is 5.11 Å². The monoisotopic (exact) mass is 310 g/mol. The third-order valence-corrected chi connectivity index (χ3v) is 4.61.